The van der Waals surface area contributed by atoms with E-state index in [1.54, 1.807) is 18.2 Å². The number of nitrogens with one attached hydrogen (secondary N) is 3. The van der Waals surface area contributed by atoms with Gasteiger partial charge in [-0.05, 0) is 84.2 Å². The van der Waals surface area contributed by atoms with E-state index in [1.807, 2.05) is 61.5 Å². The summed E-state index contributed by atoms with van der Waals surface area (Å²) in [5, 5.41) is 10.5. The van der Waals surface area contributed by atoms with Gasteiger partial charge in [-0.25, -0.2) is 12.8 Å². The Hall–Kier alpha value is -3.83. The fraction of sp³-hybridized carbons (Fsp3) is 0.457. The lowest BCUT2D eigenvalue weighted by atomic mass is 9.66. The Morgan fingerprint density at radius 2 is 1.54 bits per heavy atom. The Labute approximate surface area is 339 Å². The van der Waals surface area contributed by atoms with Crippen LogP contribution in [0.3, 0.4) is 0 Å². The second-order valence-electron chi connectivity index (χ2n) is 17.0. The van der Waals surface area contributed by atoms with Crippen LogP contribution in [0.4, 0.5) is 21.5 Å². The van der Waals surface area contributed by atoms with Gasteiger partial charge < -0.3 is 20.0 Å². The van der Waals surface area contributed by atoms with E-state index in [0.717, 1.165) is 97.3 Å². The van der Waals surface area contributed by atoms with Crippen molar-refractivity contribution in [1.82, 2.24) is 5.32 Å². The molecule has 0 spiro atoms. The van der Waals surface area contributed by atoms with Crippen LogP contribution in [-0.4, -0.2) is 63.0 Å². The number of sulfone groups is 1. The molecule has 4 aromatic carbocycles. The second kappa shape index (κ2) is 16.6. The summed E-state index contributed by atoms with van der Waals surface area (Å²) in [4.78, 5) is 2.41. The van der Waals surface area contributed by atoms with Crippen LogP contribution in [0.5, 0.6) is 0 Å². The molecule has 4 aliphatic rings. The zero-order chi connectivity index (χ0) is 39.6. The van der Waals surface area contributed by atoms with Crippen molar-refractivity contribution in [2.75, 3.05) is 55.0 Å². The number of halogens is 1. The second-order valence-corrected chi connectivity index (χ2v) is 19.4. The van der Waals surface area contributed by atoms with Gasteiger partial charge in [0.2, 0.25) is 0 Å². The maximum atomic E-state index is 15.6. The van der Waals surface area contributed by atoms with Gasteiger partial charge in [0.15, 0.2) is 14.9 Å². The molecule has 298 valence electrons. The molecule has 3 saturated heterocycles. The molecule has 10 heteroatoms. The summed E-state index contributed by atoms with van der Waals surface area (Å²) in [6.45, 7) is 8.54. The Morgan fingerprint density at radius 1 is 0.875 bits per heavy atom. The fourth-order valence-electron chi connectivity index (χ4n) is 9.61. The molecule has 2 bridgehead atoms. The van der Waals surface area contributed by atoms with Crippen LogP contribution in [0.2, 0.25) is 0 Å². The zero-order valence-corrected chi connectivity index (χ0v) is 35.2. The van der Waals surface area contributed by atoms with Crippen LogP contribution in [0.1, 0.15) is 99.9 Å². The summed E-state index contributed by atoms with van der Waals surface area (Å²) >= 11 is 5.66. The number of hydrogen-bond donors (Lipinski definition) is 3. The minimum absolute atomic E-state index is 0.0807. The smallest absolute Gasteiger partial charge is 0.180 e. The minimum atomic E-state index is -3.56. The molecule has 1 atom stereocenters. The van der Waals surface area contributed by atoms with E-state index in [0.29, 0.717) is 21.1 Å². The Bertz CT molecular complexity index is 2090. The van der Waals surface area contributed by atoms with Crippen LogP contribution in [0, 0.1) is 5.82 Å². The quantitative estimate of drug-likeness (QED) is 0.0920. The highest BCUT2D eigenvalue weighted by molar-refractivity contribution is 7.91. The molecular formula is C46H59FN5O2S2+. The van der Waals surface area contributed by atoms with Crippen LogP contribution in [-0.2, 0) is 21.8 Å². The van der Waals surface area contributed by atoms with Crippen molar-refractivity contribution in [3.05, 3.63) is 119 Å². The highest BCUT2D eigenvalue weighted by Gasteiger charge is 2.49. The van der Waals surface area contributed by atoms with Crippen molar-refractivity contribution in [2.45, 2.75) is 100 Å². The van der Waals surface area contributed by atoms with Crippen LogP contribution >= 0.6 is 12.2 Å². The SMILES string of the molecule is CCCCC1(CCCC)CS(=O)(=O)c2ccc(N(C)C)cc2C(c2ccc(NC(=S)Nc3ccc(C[N+]45CCC(c6ccccc6)(CC4)CC5)cc3F)cc2)N1. The molecule has 0 radical (unpaired) electrons. The van der Waals surface area contributed by atoms with Crippen molar-refractivity contribution < 1.29 is 17.3 Å². The van der Waals surface area contributed by atoms with E-state index in [9.17, 15) is 8.42 Å². The molecule has 0 aromatic heterocycles. The molecule has 7 nitrogen and oxygen atoms in total. The summed E-state index contributed by atoms with van der Waals surface area (Å²) < 4.78 is 44.9. The van der Waals surface area contributed by atoms with E-state index in [2.05, 4.69) is 60.1 Å². The highest BCUT2D eigenvalue weighted by Crippen LogP contribution is 2.47. The summed E-state index contributed by atoms with van der Waals surface area (Å²) in [7, 11) is 0.382. The van der Waals surface area contributed by atoms with Gasteiger partial charge >= 0.3 is 0 Å². The summed E-state index contributed by atoms with van der Waals surface area (Å²) in [6, 6.07) is 29.9. The van der Waals surface area contributed by atoms with Gasteiger partial charge in [0.1, 0.15) is 12.4 Å². The standard InChI is InChI=1S/C46H58FN5O2S2/c1-5-7-22-46(23-8-6-2)33-56(53,54)42-21-19-38(51(3)4)31-39(42)43(50-46)35-15-17-37(18-16-35)48-44(55)49-41-20-14-34(30-40(41)47)32-52-27-24-45(25-28-52,26-29-52)36-12-10-9-11-13-36/h9-21,30-31,43,50H,5-8,22-29,32-33H2,1-4H3,(H-,48,49,55)/p+1. The Morgan fingerprint density at radius 3 is 2.14 bits per heavy atom. The topological polar surface area (TPSA) is 73.5 Å². The third kappa shape index (κ3) is 8.54. The fourth-order valence-corrected chi connectivity index (χ4v) is 11.9. The van der Waals surface area contributed by atoms with Gasteiger partial charge in [-0.2, -0.15) is 0 Å². The van der Waals surface area contributed by atoms with Gasteiger partial charge in [-0.3, -0.25) is 5.32 Å². The third-order valence-electron chi connectivity index (χ3n) is 13.0. The number of unbranched alkanes of at least 4 members (excludes halogenated alkanes) is 2. The average Bonchev–Trinajstić information content (AvgIpc) is 3.30. The monoisotopic (exact) mass is 796 g/mol. The normalized spacial score (nSPS) is 23.5. The number of hydrogen-bond acceptors (Lipinski definition) is 5. The number of quaternary nitrogens is 1. The first-order valence-electron chi connectivity index (χ1n) is 20.6. The van der Waals surface area contributed by atoms with Gasteiger partial charge in [0.05, 0.1) is 42.0 Å². The summed E-state index contributed by atoms with van der Waals surface area (Å²) in [6.07, 6.45) is 9.02. The molecule has 4 aromatic rings. The van der Waals surface area contributed by atoms with E-state index in [4.69, 9.17) is 12.2 Å². The number of fused-ring (bicyclic) bond motifs is 4. The predicted molar refractivity (Wildman–Crippen MR) is 233 cm³/mol. The molecule has 56 heavy (non-hydrogen) atoms. The zero-order valence-electron chi connectivity index (χ0n) is 33.5. The number of benzene rings is 4. The van der Waals surface area contributed by atoms with E-state index >= 15 is 4.39 Å². The van der Waals surface area contributed by atoms with Crippen molar-refractivity contribution >= 4 is 44.2 Å². The molecular weight excluding hydrogens is 738 g/mol. The van der Waals surface area contributed by atoms with Crippen molar-refractivity contribution in [3.8, 4) is 0 Å². The lowest BCUT2D eigenvalue weighted by Crippen LogP contribution is -2.62. The predicted octanol–water partition coefficient (Wildman–Crippen LogP) is 9.74. The maximum absolute atomic E-state index is 15.6. The maximum Gasteiger partial charge on any atom is 0.180 e. The number of thiocarbonyl (C=S) groups is 1. The molecule has 1 unspecified atom stereocenters. The summed E-state index contributed by atoms with van der Waals surface area (Å²) in [5.74, 6) is -0.232. The van der Waals surface area contributed by atoms with Crippen molar-refractivity contribution in [3.63, 3.8) is 0 Å². The third-order valence-corrected chi connectivity index (χ3v) is 15.2. The number of rotatable bonds is 13. The van der Waals surface area contributed by atoms with Crippen LogP contribution < -0.4 is 20.9 Å². The van der Waals surface area contributed by atoms with Gasteiger partial charge in [0.25, 0.3) is 0 Å². The molecule has 0 saturated carbocycles. The van der Waals surface area contributed by atoms with Crippen molar-refractivity contribution in [2.24, 2.45) is 0 Å². The van der Waals surface area contributed by atoms with Gasteiger partial charge in [-0.15, -0.1) is 0 Å². The first-order valence-corrected chi connectivity index (χ1v) is 22.6. The minimum Gasteiger partial charge on any atom is -0.378 e. The lowest BCUT2D eigenvalue weighted by molar-refractivity contribution is -0.955. The highest BCUT2D eigenvalue weighted by atomic mass is 32.2. The van der Waals surface area contributed by atoms with E-state index < -0.39 is 15.4 Å². The number of anilines is 3. The molecule has 0 aliphatic carbocycles. The molecule has 4 heterocycles. The first-order chi connectivity index (χ1) is 26.9. The average molecular weight is 797 g/mol. The molecule has 0 amide bonds. The largest absolute Gasteiger partial charge is 0.378 e. The summed E-state index contributed by atoms with van der Waals surface area (Å²) in [5.41, 5.74) is 6.05. The number of piperidine rings is 3. The molecule has 8 rings (SSSR count). The molecule has 4 aliphatic heterocycles. The van der Waals surface area contributed by atoms with Gasteiger partial charge in [0, 0.05) is 61.2 Å². The van der Waals surface area contributed by atoms with Crippen LogP contribution in [0.25, 0.3) is 0 Å². The molecule has 3 fully saturated rings. The van der Waals surface area contributed by atoms with E-state index in [1.165, 1.54) is 24.8 Å². The van der Waals surface area contributed by atoms with Crippen LogP contribution in [0.15, 0.2) is 95.9 Å². The number of nitrogens with zero attached hydrogens (tertiary/aromatic N) is 2. The Balaban J connectivity index is 1.04. The lowest BCUT2D eigenvalue weighted by Gasteiger charge is -2.55. The van der Waals surface area contributed by atoms with Gasteiger partial charge in [-0.1, -0.05) is 88.1 Å². The van der Waals surface area contributed by atoms with E-state index in [-0.39, 0.29) is 17.6 Å². The Kier molecular flexibility index (Phi) is 11.9. The molecule has 3 N–H and O–H groups in total. The first kappa shape index (κ1) is 40.4. The van der Waals surface area contributed by atoms with Crippen molar-refractivity contribution in [1.29, 1.82) is 0 Å².